The monoisotopic (exact) mass is 456 g/mol. The summed E-state index contributed by atoms with van der Waals surface area (Å²) in [7, 11) is 0. The lowest BCUT2D eigenvalue weighted by molar-refractivity contribution is -0.148. The average molecular weight is 457 g/mol. The van der Waals surface area contributed by atoms with Crippen LogP contribution >= 0.6 is 0 Å². The van der Waals surface area contributed by atoms with Gasteiger partial charge in [-0.15, -0.1) is 5.10 Å². The Balaban J connectivity index is 1.58. The van der Waals surface area contributed by atoms with Crippen LogP contribution in [0.4, 0.5) is 11.8 Å². The molecule has 4 aromatic rings. The number of benzene rings is 2. The molecule has 1 fully saturated rings. The maximum absolute atomic E-state index is 12.4. The van der Waals surface area contributed by atoms with Crippen LogP contribution in [0, 0.1) is 5.92 Å². The van der Waals surface area contributed by atoms with Gasteiger partial charge in [0.15, 0.2) is 5.65 Å². The van der Waals surface area contributed by atoms with Crippen LogP contribution in [0.3, 0.4) is 0 Å². The van der Waals surface area contributed by atoms with Gasteiger partial charge >= 0.3 is 5.97 Å². The van der Waals surface area contributed by atoms with Gasteiger partial charge in [0.2, 0.25) is 5.95 Å². The largest absolute Gasteiger partial charge is 0.466 e. The van der Waals surface area contributed by atoms with E-state index in [1.54, 1.807) is 4.68 Å². The number of nitrogens with two attached hydrogens (primary N) is 1. The van der Waals surface area contributed by atoms with Crippen LogP contribution in [0.25, 0.3) is 22.3 Å². The Kier molecular flexibility index (Phi) is 6.12. The van der Waals surface area contributed by atoms with Crippen molar-refractivity contribution in [2.45, 2.75) is 26.3 Å². The summed E-state index contributed by atoms with van der Waals surface area (Å²) in [5.74, 6) is 0.749. The molecule has 34 heavy (non-hydrogen) atoms. The van der Waals surface area contributed by atoms with Gasteiger partial charge in [-0.25, -0.2) is 9.67 Å². The van der Waals surface area contributed by atoms with E-state index in [4.69, 9.17) is 25.5 Å². The molecule has 174 valence electrons. The zero-order valence-corrected chi connectivity index (χ0v) is 19.2. The van der Waals surface area contributed by atoms with Gasteiger partial charge in [0, 0.05) is 18.7 Å². The Morgan fingerprint density at radius 2 is 1.82 bits per heavy atom. The maximum Gasteiger partial charge on any atom is 0.310 e. The summed E-state index contributed by atoms with van der Waals surface area (Å²) in [5, 5.41) is 5.50. The number of hydrogen-bond acceptors (Lipinski definition) is 7. The molecule has 1 aliphatic heterocycles. The lowest BCUT2D eigenvalue weighted by Crippen LogP contribution is -2.40. The van der Waals surface area contributed by atoms with Crippen LogP contribution in [0.15, 0.2) is 60.7 Å². The zero-order valence-electron chi connectivity index (χ0n) is 19.2. The summed E-state index contributed by atoms with van der Waals surface area (Å²) in [6, 6.07) is 20.0. The fourth-order valence-corrected chi connectivity index (χ4v) is 4.48. The first-order valence-corrected chi connectivity index (χ1v) is 11.7. The lowest BCUT2D eigenvalue weighted by Gasteiger charge is -2.31. The number of anilines is 2. The Bertz CT molecular complexity index is 1290. The average Bonchev–Trinajstić information content (AvgIpc) is 3.19. The number of piperidine rings is 1. The summed E-state index contributed by atoms with van der Waals surface area (Å²) in [6.07, 6.45) is 1.68. The summed E-state index contributed by atoms with van der Waals surface area (Å²) in [4.78, 5) is 24.2. The summed E-state index contributed by atoms with van der Waals surface area (Å²) < 4.78 is 7.05. The van der Waals surface area contributed by atoms with E-state index in [1.165, 1.54) is 0 Å². The number of fused-ring (bicyclic) bond motifs is 1. The molecule has 0 saturated carbocycles. The molecule has 8 heteroatoms. The second-order valence-corrected chi connectivity index (χ2v) is 8.50. The third kappa shape index (κ3) is 4.31. The number of ether oxygens (including phenoxy) is 1. The minimum Gasteiger partial charge on any atom is -0.466 e. The number of rotatable bonds is 6. The van der Waals surface area contributed by atoms with Crippen LogP contribution in [0.2, 0.25) is 0 Å². The van der Waals surface area contributed by atoms with Crippen LogP contribution in [0.1, 0.15) is 25.3 Å². The van der Waals surface area contributed by atoms with E-state index in [2.05, 4.69) is 4.90 Å². The van der Waals surface area contributed by atoms with Crippen LogP contribution < -0.4 is 10.6 Å². The summed E-state index contributed by atoms with van der Waals surface area (Å²) in [5.41, 5.74) is 9.94. The van der Waals surface area contributed by atoms with Gasteiger partial charge in [0.25, 0.3) is 0 Å². The molecular formula is C26H28N6O2. The zero-order chi connectivity index (χ0) is 23.5. The molecule has 1 unspecified atom stereocenters. The first-order valence-electron chi connectivity index (χ1n) is 11.7. The molecule has 0 spiro atoms. The highest BCUT2D eigenvalue weighted by Crippen LogP contribution is 2.33. The molecule has 1 saturated heterocycles. The van der Waals surface area contributed by atoms with E-state index < -0.39 is 0 Å². The van der Waals surface area contributed by atoms with Gasteiger partial charge in [-0.3, -0.25) is 4.79 Å². The molecule has 0 amide bonds. The van der Waals surface area contributed by atoms with Crippen molar-refractivity contribution >= 4 is 28.8 Å². The molecule has 3 heterocycles. The molecule has 5 rings (SSSR count). The first kappa shape index (κ1) is 21.9. The SMILES string of the molecule is CCOC(=O)C1CCCN(c2nc(-c3ccccc3)c3c(N)n(Cc4ccccc4)nc3n2)C1. The Morgan fingerprint density at radius 3 is 2.56 bits per heavy atom. The second kappa shape index (κ2) is 9.51. The van der Waals surface area contributed by atoms with E-state index in [9.17, 15) is 4.79 Å². The number of carbonyl (C=O) groups excluding carboxylic acids is 1. The fraction of sp³-hybridized carbons (Fsp3) is 0.308. The third-order valence-corrected chi connectivity index (χ3v) is 6.17. The maximum atomic E-state index is 12.4. The van der Waals surface area contributed by atoms with Crippen molar-refractivity contribution in [2.75, 3.05) is 30.3 Å². The minimum absolute atomic E-state index is 0.159. The molecular weight excluding hydrogens is 428 g/mol. The summed E-state index contributed by atoms with van der Waals surface area (Å²) in [6.45, 7) is 4.06. The van der Waals surface area contributed by atoms with E-state index in [0.29, 0.717) is 37.1 Å². The number of nitrogen functional groups attached to an aromatic ring is 1. The van der Waals surface area contributed by atoms with Crippen LogP contribution in [-0.2, 0) is 16.1 Å². The molecule has 2 N–H and O–H groups in total. The topological polar surface area (TPSA) is 99.2 Å². The third-order valence-electron chi connectivity index (χ3n) is 6.17. The normalized spacial score (nSPS) is 16.0. The number of carbonyl (C=O) groups is 1. The highest BCUT2D eigenvalue weighted by atomic mass is 16.5. The standard InChI is InChI=1S/C26H28N6O2/c1-2-34-25(33)20-14-9-15-31(17-20)26-28-22(19-12-7-4-8-13-19)21-23(27)32(30-24(21)29-26)16-18-10-5-3-6-11-18/h3-8,10-13,20H,2,9,14-17,27H2,1H3. The van der Waals surface area contributed by atoms with E-state index in [1.807, 2.05) is 67.6 Å². The van der Waals surface area contributed by atoms with Crippen molar-refractivity contribution < 1.29 is 9.53 Å². The van der Waals surface area contributed by atoms with Crippen molar-refractivity contribution in [1.29, 1.82) is 0 Å². The van der Waals surface area contributed by atoms with E-state index >= 15 is 0 Å². The van der Waals surface area contributed by atoms with Crippen molar-refractivity contribution in [3.63, 3.8) is 0 Å². The summed E-state index contributed by atoms with van der Waals surface area (Å²) >= 11 is 0. The predicted octanol–water partition coefficient (Wildman–Crippen LogP) is 3.90. The van der Waals surface area contributed by atoms with Crippen molar-refractivity contribution in [3.05, 3.63) is 66.2 Å². The Labute approximate surface area is 198 Å². The minimum atomic E-state index is -0.186. The number of esters is 1. The lowest BCUT2D eigenvalue weighted by atomic mass is 9.98. The van der Waals surface area contributed by atoms with Gasteiger partial charge in [-0.1, -0.05) is 60.7 Å². The van der Waals surface area contributed by atoms with Crippen LogP contribution in [0.5, 0.6) is 0 Å². The molecule has 1 atom stereocenters. The van der Waals surface area contributed by atoms with E-state index in [0.717, 1.165) is 41.6 Å². The quantitative estimate of drug-likeness (QED) is 0.439. The van der Waals surface area contributed by atoms with Crippen molar-refractivity contribution in [3.8, 4) is 11.3 Å². The molecule has 2 aromatic carbocycles. The van der Waals surface area contributed by atoms with Gasteiger partial charge in [-0.2, -0.15) is 4.98 Å². The highest BCUT2D eigenvalue weighted by Gasteiger charge is 2.29. The molecule has 8 nitrogen and oxygen atoms in total. The molecule has 0 bridgehead atoms. The first-order chi connectivity index (χ1) is 16.6. The Morgan fingerprint density at radius 1 is 1.09 bits per heavy atom. The second-order valence-electron chi connectivity index (χ2n) is 8.50. The molecule has 0 radical (unpaired) electrons. The van der Waals surface area contributed by atoms with Crippen molar-refractivity contribution in [1.82, 2.24) is 19.7 Å². The fourth-order valence-electron chi connectivity index (χ4n) is 4.48. The number of nitrogens with zero attached hydrogens (tertiary/aromatic N) is 5. The van der Waals surface area contributed by atoms with E-state index in [-0.39, 0.29) is 11.9 Å². The highest BCUT2D eigenvalue weighted by molar-refractivity contribution is 5.99. The number of hydrogen-bond donors (Lipinski definition) is 1. The Hall–Kier alpha value is -3.94. The van der Waals surface area contributed by atoms with Gasteiger partial charge in [-0.05, 0) is 25.3 Å². The molecule has 0 aliphatic carbocycles. The van der Waals surface area contributed by atoms with Crippen molar-refractivity contribution in [2.24, 2.45) is 5.92 Å². The molecule has 2 aromatic heterocycles. The molecule has 1 aliphatic rings. The van der Waals surface area contributed by atoms with Gasteiger partial charge < -0.3 is 15.4 Å². The number of aromatic nitrogens is 4. The van der Waals surface area contributed by atoms with Crippen LogP contribution in [-0.4, -0.2) is 45.4 Å². The predicted molar refractivity (Wildman–Crippen MR) is 132 cm³/mol. The van der Waals surface area contributed by atoms with Gasteiger partial charge in [0.1, 0.15) is 5.82 Å². The van der Waals surface area contributed by atoms with Gasteiger partial charge in [0.05, 0.1) is 30.1 Å². The smallest absolute Gasteiger partial charge is 0.310 e.